The van der Waals surface area contributed by atoms with Gasteiger partial charge in [0.15, 0.2) is 0 Å². The minimum atomic E-state index is -3.58. The van der Waals surface area contributed by atoms with Crippen molar-refractivity contribution in [3.8, 4) is 0 Å². The molecule has 2 rings (SSSR count). The Morgan fingerprint density at radius 2 is 1.85 bits per heavy atom. The summed E-state index contributed by atoms with van der Waals surface area (Å²) in [5, 5.41) is 11.2. The van der Waals surface area contributed by atoms with E-state index < -0.39 is 14.9 Å². The lowest BCUT2D eigenvalue weighted by molar-refractivity contribution is -0.384. The Bertz CT molecular complexity index is 945. The summed E-state index contributed by atoms with van der Waals surface area (Å²) >= 11 is 6.05. The molecule has 0 aromatic heterocycles. The summed E-state index contributed by atoms with van der Waals surface area (Å²) in [7, 11) is -0.764. The van der Waals surface area contributed by atoms with Crippen molar-refractivity contribution in [2.24, 2.45) is 0 Å². The predicted molar refractivity (Wildman–Crippen MR) is 96.6 cm³/mol. The number of nitro groups is 1. The van der Waals surface area contributed by atoms with E-state index in [2.05, 4.69) is 4.72 Å². The summed E-state index contributed by atoms with van der Waals surface area (Å²) < 4.78 is 25.6. The van der Waals surface area contributed by atoms with Crippen molar-refractivity contribution >= 4 is 33.2 Å². The highest BCUT2D eigenvalue weighted by atomic mass is 35.5. The van der Waals surface area contributed by atoms with Gasteiger partial charge in [0.25, 0.3) is 11.6 Å². The first-order valence-electron chi connectivity index (χ1n) is 7.37. The van der Waals surface area contributed by atoms with Gasteiger partial charge in [-0.05, 0) is 42.9 Å². The molecule has 8 nitrogen and oxygen atoms in total. The number of amides is 1. The summed E-state index contributed by atoms with van der Waals surface area (Å²) in [4.78, 5) is 24.2. The van der Waals surface area contributed by atoms with Crippen molar-refractivity contribution < 1.29 is 18.1 Å². The quantitative estimate of drug-likeness (QED) is 0.594. The van der Waals surface area contributed by atoms with Gasteiger partial charge in [-0.2, -0.15) is 0 Å². The van der Waals surface area contributed by atoms with Crippen LogP contribution in [0.4, 0.5) is 5.69 Å². The zero-order chi connectivity index (χ0) is 19.5. The predicted octanol–water partition coefficient (Wildman–Crippen LogP) is 2.43. The fraction of sp³-hybridized carbons (Fsp3) is 0.188. The number of halogens is 1. The highest BCUT2D eigenvalue weighted by molar-refractivity contribution is 7.89. The molecule has 2 aromatic carbocycles. The van der Waals surface area contributed by atoms with Crippen molar-refractivity contribution in [1.82, 2.24) is 9.62 Å². The molecule has 138 valence electrons. The Morgan fingerprint density at radius 3 is 2.38 bits per heavy atom. The third-order valence-corrected chi connectivity index (χ3v) is 5.47. The van der Waals surface area contributed by atoms with Gasteiger partial charge in [0, 0.05) is 36.3 Å². The number of hydrogen-bond acceptors (Lipinski definition) is 5. The number of rotatable bonds is 6. The molecule has 0 unspecified atom stereocenters. The van der Waals surface area contributed by atoms with Gasteiger partial charge in [-0.3, -0.25) is 14.9 Å². The average Bonchev–Trinajstić information content (AvgIpc) is 2.62. The number of sulfonamides is 1. The van der Waals surface area contributed by atoms with E-state index in [-0.39, 0.29) is 28.6 Å². The third kappa shape index (κ3) is 4.37. The first-order chi connectivity index (χ1) is 12.2. The molecule has 1 amide bonds. The standard InChI is InChI=1S/C16H16ClN3O5S/c1-18-26(24,25)14-6-3-11(4-7-14)16(21)19(2)10-12-9-13(20(22)23)5-8-15(12)17/h3-9,18H,10H2,1-2H3. The molecule has 0 aliphatic rings. The van der Waals surface area contributed by atoms with Gasteiger partial charge in [-0.1, -0.05) is 11.6 Å². The third-order valence-electron chi connectivity index (χ3n) is 3.67. The number of carbonyl (C=O) groups excluding carboxylic acids is 1. The molecule has 0 aliphatic carbocycles. The Labute approximate surface area is 155 Å². The Kier molecular flexibility index (Phi) is 5.96. The number of nitro benzene ring substituents is 1. The second-order valence-corrected chi connectivity index (χ2v) is 7.72. The molecule has 0 fully saturated rings. The second-order valence-electron chi connectivity index (χ2n) is 5.43. The molecule has 10 heteroatoms. The van der Waals surface area contributed by atoms with Crippen LogP contribution in [0.2, 0.25) is 5.02 Å². The minimum Gasteiger partial charge on any atom is -0.337 e. The van der Waals surface area contributed by atoms with Crippen LogP contribution in [0.5, 0.6) is 0 Å². The number of non-ortho nitro benzene ring substituents is 1. The van der Waals surface area contributed by atoms with Crippen LogP contribution in [-0.2, 0) is 16.6 Å². The van der Waals surface area contributed by atoms with Gasteiger partial charge in [-0.25, -0.2) is 13.1 Å². The van der Waals surface area contributed by atoms with Crippen molar-refractivity contribution in [3.63, 3.8) is 0 Å². The molecular formula is C16H16ClN3O5S. The smallest absolute Gasteiger partial charge is 0.269 e. The van der Waals surface area contributed by atoms with E-state index in [4.69, 9.17) is 11.6 Å². The summed E-state index contributed by atoms with van der Waals surface area (Å²) in [6.45, 7) is 0.0654. The lowest BCUT2D eigenvalue weighted by Gasteiger charge is -2.18. The van der Waals surface area contributed by atoms with E-state index in [0.29, 0.717) is 10.6 Å². The maximum Gasteiger partial charge on any atom is 0.269 e. The Morgan fingerprint density at radius 1 is 1.23 bits per heavy atom. The van der Waals surface area contributed by atoms with Gasteiger partial charge in [-0.15, -0.1) is 0 Å². The summed E-state index contributed by atoms with van der Waals surface area (Å²) in [6, 6.07) is 9.46. The van der Waals surface area contributed by atoms with E-state index in [1.165, 1.54) is 61.5 Å². The van der Waals surface area contributed by atoms with Crippen LogP contribution < -0.4 is 4.72 Å². The zero-order valence-electron chi connectivity index (χ0n) is 14.0. The van der Waals surface area contributed by atoms with Crippen LogP contribution in [0.3, 0.4) is 0 Å². The van der Waals surface area contributed by atoms with Crippen molar-refractivity contribution in [1.29, 1.82) is 0 Å². The largest absolute Gasteiger partial charge is 0.337 e. The normalized spacial score (nSPS) is 11.2. The van der Waals surface area contributed by atoms with Gasteiger partial charge in [0.1, 0.15) is 0 Å². The molecule has 1 N–H and O–H groups in total. The highest BCUT2D eigenvalue weighted by Crippen LogP contribution is 2.23. The van der Waals surface area contributed by atoms with Crippen molar-refractivity contribution in [3.05, 3.63) is 68.7 Å². The Hall–Kier alpha value is -2.49. The van der Waals surface area contributed by atoms with Crippen LogP contribution in [0.25, 0.3) is 0 Å². The molecule has 0 atom stereocenters. The summed E-state index contributed by atoms with van der Waals surface area (Å²) in [6.07, 6.45) is 0. The first-order valence-corrected chi connectivity index (χ1v) is 9.23. The number of hydrogen-bond donors (Lipinski definition) is 1. The van der Waals surface area contributed by atoms with E-state index >= 15 is 0 Å². The average molecular weight is 398 g/mol. The molecule has 26 heavy (non-hydrogen) atoms. The van der Waals surface area contributed by atoms with Crippen LogP contribution in [0.1, 0.15) is 15.9 Å². The van der Waals surface area contributed by atoms with Gasteiger partial charge >= 0.3 is 0 Å². The fourth-order valence-corrected chi connectivity index (χ4v) is 3.15. The monoisotopic (exact) mass is 397 g/mol. The lowest BCUT2D eigenvalue weighted by Crippen LogP contribution is -2.26. The van der Waals surface area contributed by atoms with Crippen LogP contribution in [0, 0.1) is 10.1 Å². The van der Waals surface area contributed by atoms with Crippen molar-refractivity contribution in [2.75, 3.05) is 14.1 Å². The molecule has 2 aromatic rings. The van der Waals surface area contributed by atoms with E-state index in [9.17, 15) is 23.3 Å². The molecule has 0 saturated heterocycles. The van der Waals surface area contributed by atoms with Crippen molar-refractivity contribution in [2.45, 2.75) is 11.4 Å². The number of nitrogens with zero attached hydrogens (tertiary/aromatic N) is 2. The highest BCUT2D eigenvalue weighted by Gasteiger charge is 2.17. The minimum absolute atomic E-state index is 0.0425. The lowest BCUT2D eigenvalue weighted by atomic mass is 10.1. The van der Waals surface area contributed by atoms with Crippen LogP contribution >= 0.6 is 11.6 Å². The maximum atomic E-state index is 12.5. The SMILES string of the molecule is CNS(=O)(=O)c1ccc(C(=O)N(C)Cc2cc([N+](=O)[O-])ccc2Cl)cc1. The van der Waals surface area contributed by atoms with E-state index in [1.807, 2.05) is 0 Å². The van der Waals surface area contributed by atoms with Gasteiger partial charge in [0.05, 0.1) is 9.82 Å². The van der Waals surface area contributed by atoms with Crippen LogP contribution in [0.15, 0.2) is 47.4 Å². The zero-order valence-corrected chi connectivity index (χ0v) is 15.5. The molecule has 0 bridgehead atoms. The topological polar surface area (TPSA) is 110 Å². The number of carbonyl (C=O) groups is 1. The summed E-state index contributed by atoms with van der Waals surface area (Å²) in [5.74, 6) is -0.374. The number of nitrogens with one attached hydrogen (secondary N) is 1. The molecule has 0 spiro atoms. The second kappa shape index (κ2) is 7.81. The van der Waals surface area contributed by atoms with Crippen LogP contribution in [-0.4, -0.2) is 38.2 Å². The molecule has 0 saturated carbocycles. The fourth-order valence-electron chi connectivity index (χ4n) is 2.24. The van der Waals surface area contributed by atoms with E-state index in [0.717, 1.165) is 0 Å². The summed E-state index contributed by atoms with van der Waals surface area (Å²) in [5.41, 5.74) is 0.599. The Balaban J connectivity index is 2.20. The van der Waals surface area contributed by atoms with E-state index in [1.54, 1.807) is 0 Å². The van der Waals surface area contributed by atoms with Gasteiger partial charge in [0.2, 0.25) is 10.0 Å². The molecule has 0 aliphatic heterocycles. The molecule has 0 heterocycles. The van der Waals surface area contributed by atoms with Gasteiger partial charge < -0.3 is 4.90 Å². The molecule has 0 radical (unpaired) electrons. The first kappa shape index (κ1) is 19.8. The number of benzene rings is 2. The molecular weight excluding hydrogens is 382 g/mol. The maximum absolute atomic E-state index is 12.5.